The third-order valence-corrected chi connectivity index (χ3v) is 3.38. The topological polar surface area (TPSA) is 38.7 Å². The molecule has 3 nitrogen and oxygen atoms in total. The Hall–Kier alpha value is -2.47. The molecule has 3 rings (SSSR count). The number of Topliss-reactive ketones (excluding diaryl/α,β-unsaturated/α-hetero) is 1. The van der Waals surface area contributed by atoms with E-state index in [1.165, 1.54) is 12.1 Å². The lowest BCUT2D eigenvalue weighted by atomic mass is 9.99. The first-order chi connectivity index (χ1) is 10.9. The highest BCUT2D eigenvalue weighted by Gasteiger charge is 2.57. The Morgan fingerprint density at radius 2 is 1.57 bits per heavy atom. The summed E-state index contributed by atoms with van der Waals surface area (Å²) in [5.41, 5.74) is -0.836. The van der Waals surface area contributed by atoms with Gasteiger partial charge in [-0.3, -0.25) is 4.79 Å². The fraction of sp³-hybridized carbons (Fsp3) is 0.176. The van der Waals surface area contributed by atoms with Crippen molar-refractivity contribution in [1.29, 1.82) is 0 Å². The fourth-order valence-electron chi connectivity index (χ4n) is 2.28. The number of hydrogen-bond acceptors (Lipinski definition) is 3. The van der Waals surface area contributed by atoms with Gasteiger partial charge in [0.1, 0.15) is 12.3 Å². The lowest BCUT2D eigenvalue weighted by molar-refractivity contribution is -0.182. The molecule has 0 saturated carbocycles. The van der Waals surface area contributed by atoms with Gasteiger partial charge in [0.05, 0.1) is 0 Å². The van der Waals surface area contributed by atoms with Gasteiger partial charge in [0, 0.05) is 11.1 Å². The normalized spacial score (nSPS) is 20.0. The average molecular weight is 319 g/mol. The Kier molecular flexibility index (Phi) is 3.77. The van der Waals surface area contributed by atoms with Gasteiger partial charge in [-0.1, -0.05) is 60.7 Å². The van der Waals surface area contributed by atoms with Crippen LogP contribution < -0.4 is 0 Å². The van der Waals surface area contributed by atoms with Crippen LogP contribution in [0.3, 0.4) is 0 Å². The maximum absolute atomic E-state index is 12.6. The van der Waals surface area contributed by atoms with Crippen LogP contribution in [-0.2, 0) is 4.74 Å². The smallest absolute Gasteiger partial charge is 0.333 e. The van der Waals surface area contributed by atoms with E-state index in [4.69, 9.17) is 4.74 Å². The number of hydrogen-bond donors (Lipinski definition) is 0. The summed E-state index contributed by atoms with van der Waals surface area (Å²) in [4.78, 5) is 16.6. The van der Waals surface area contributed by atoms with Crippen molar-refractivity contribution in [2.75, 3.05) is 6.61 Å². The van der Waals surface area contributed by atoms with Gasteiger partial charge in [-0.25, -0.2) is 4.99 Å². The van der Waals surface area contributed by atoms with Crippen LogP contribution in [0.25, 0.3) is 0 Å². The van der Waals surface area contributed by atoms with Crippen LogP contribution in [0, 0.1) is 0 Å². The number of nitrogens with zero attached hydrogens (tertiary/aromatic N) is 1. The predicted molar refractivity (Wildman–Crippen MR) is 78.5 cm³/mol. The number of benzene rings is 2. The van der Waals surface area contributed by atoms with Crippen LogP contribution in [0.4, 0.5) is 13.2 Å². The maximum atomic E-state index is 12.6. The zero-order valence-corrected chi connectivity index (χ0v) is 11.9. The molecule has 1 aliphatic heterocycles. The van der Waals surface area contributed by atoms with E-state index in [-0.39, 0.29) is 11.3 Å². The fourth-order valence-corrected chi connectivity index (χ4v) is 2.28. The SMILES string of the molecule is O=C(c1ccccc1)C1(OCC(F)(F)F)N=C1c1ccccc1. The largest absolute Gasteiger partial charge is 0.411 e. The summed E-state index contributed by atoms with van der Waals surface area (Å²) in [6, 6.07) is 16.6. The number of ether oxygens (including phenoxy) is 1. The van der Waals surface area contributed by atoms with Gasteiger partial charge in [-0.05, 0) is 0 Å². The van der Waals surface area contributed by atoms with Crippen LogP contribution in [0.5, 0.6) is 0 Å². The molecule has 0 bridgehead atoms. The van der Waals surface area contributed by atoms with Crippen LogP contribution in [0.15, 0.2) is 65.7 Å². The van der Waals surface area contributed by atoms with E-state index in [2.05, 4.69) is 4.99 Å². The molecule has 118 valence electrons. The molecule has 1 aliphatic rings. The van der Waals surface area contributed by atoms with E-state index >= 15 is 0 Å². The predicted octanol–water partition coefficient (Wildman–Crippen LogP) is 3.65. The molecular formula is C17H12F3NO2. The van der Waals surface area contributed by atoms with Crippen molar-refractivity contribution in [1.82, 2.24) is 0 Å². The molecule has 0 radical (unpaired) electrons. The Labute approximate surface area is 130 Å². The minimum absolute atomic E-state index is 0.219. The second kappa shape index (κ2) is 5.62. The lowest BCUT2D eigenvalue weighted by Gasteiger charge is -2.17. The summed E-state index contributed by atoms with van der Waals surface area (Å²) in [5.74, 6) is -0.596. The van der Waals surface area contributed by atoms with Crippen molar-refractivity contribution < 1.29 is 22.7 Å². The Morgan fingerprint density at radius 3 is 2.13 bits per heavy atom. The first kappa shape index (κ1) is 15.4. The number of carbonyl (C=O) groups is 1. The zero-order chi connectivity index (χ0) is 16.5. The van der Waals surface area contributed by atoms with E-state index in [1.54, 1.807) is 48.5 Å². The molecule has 0 fully saturated rings. The Balaban J connectivity index is 1.89. The van der Waals surface area contributed by atoms with Gasteiger partial charge in [0.25, 0.3) is 5.72 Å². The average Bonchev–Trinajstić information content (AvgIpc) is 3.29. The van der Waals surface area contributed by atoms with E-state index in [1.807, 2.05) is 0 Å². The van der Waals surface area contributed by atoms with E-state index in [9.17, 15) is 18.0 Å². The van der Waals surface area contributed by atoms with Crippen LogP contribution in [0.1, 0.15) is 15.9 Å². The van der Waals surface area contributed by atoms with Gasteiger partial charge in [0.2, 0.25) is 5.78 Å². The molecule has 0 aliphatic carbocycles. The summed E-state index contributed by atoms with van der Waals surface area (Å²) in [5, 5.41) is 0. The van der Waals surface area contributed by atoms with Crippen molar-refractivity contribution in [2.45, 2.75) is 11.9 Å². The van der Waals surface area contributed by atoms with Crippen molar-refractivity contribution >= 4 is 11.5 Å². The van der Waals surface area contributed by atoms with Crippen LogP contribution >= 0.6 is 0 Å². The molecule has 0 amide bonds. The molecule has 1 heterocycles. The highest BCUT2D eigenvalue weighted by Crippen LogP contribution is 2.38. The van der Waals surface area contributed by atoms with Gasteiger partial charge in [-0.2, -0.15) is 13.2 Å². The molecular weight excluding hydrogens is 307 g/mol. The number of carbonyl (C=O) groups excluding carboxylic acids is 1. The summed E-state index contributed by atoms with van der Waals surface area (Å²) < 4.78 is 42.5. The van der Waals surface area contributed by atoms with Crippen molar-refractivity contribution in [3.05, 3.63) is 71.8 Å². The molecule has 2 aromatic carbocycles. The number of rotatable bonds is 5. The number of aliphatic imine (C=N–C) groups is 1. The molecule has 23 heavy (non-hydrogen) atoms. The zero-order valence-electron chi connectivity index (χ0n) is 11.9. The molecule has 1 unspecified atom stereocenters. The second-order valence-electron chi connectivity index (χ2n) is 5.07. The minimum Gasteiger partial charge on any atom is -0.333 e. The molecule has 1 atom stereocenters. The first-order valence-electron chi connectivity index (χ1n) is 6.89. The molecule has 0 spiro atoms. The molecule has 0 saturated heterocycles. The number of halogens is 3. The van der Waals surface area contributed by atoms with Gasteiger partial charge in [-0.15, -0.1) is 0 Å². The van der Waals surface area contributed by atoms with Crippen molar-refractivity contribution in [3.63, 3.8) is 0 Å². The van der Waals surface area contributed by atoms with E-state index in [0.717, 1.165) is 0 Å². The standard InChI is InChI=1S/C17H12F3NO2/c18-16(19,20)11-23-17(15(22)13-9-5-2-6-10-13)14(21-17)12-7-3-1-4-8-12/h1-10H,11H2. The molecule has 2 aromatic rings. The lowest BCUT2D eigenvalue weighted by Crippen LogP contribution is -2.37. The van der Waals surface area contributed by atoms with Crippen molar-refractivity contribution in [2.24, 2.45) is 4.99 Å². The van der Waals surface area contributed by atoms with E-state index in [0.29, 0.717) is 5.56 Å². The monoisotopic (exact) mass is 319 g/mol. The molecule has 6 heteroatoms. The van der Waals surface area contributed by atoms with E-state index < -0.39 is 24.3 Å². The van der Waals surface area contributed by atoms with Gasteiger partial charge >= 0.3 is 6.18 Å². The second-order valence-corrected chi connectivity index (χ2v) is 5.07. The van der Waals surface area contributed by atoms with Crippen LogP contribution in [-0.4, -0.2) is 30.0 Å². The maximum Gasteiger partial charge on any atom is 0.411 e. The highest BCUT2D eigenvalue weighted by atomic mass is 19.4. The number of alkyl halides is 3. The summed E-state index contributed by atoms with van der Waals surface area (Å²) in [6.07, 6.45) is -4.54. The van der Waals surface area contributed by atoms with Gasteiger partial charge < -0.3 is 4.74 Å². The number of ketones is 1. The Morgan fingerprint density at radius 1 is 1.00 bits per heavy atom. The molecule has 0 aromatic heterocycles. The highest BCUT2D eigenvalue weighted by molar-refractivity contribution is 6.32. The van der Waals surface area contributed by atoms with Gasteiger partial charge in [0.15, 0.2) is 0 Å². The third-order valence-electron chi connectivity index (χ3n) is 3.38. The molecule has 0 N–H and O–H groups in total. The van der Waals surface area contributed by atoms with Crippen molar-refractivity contribution in [3.8, 4) is 0 Å². The summed E-state index contributed by atoms with van der Waals surface area (Å²) >= 11 is 0. The first-order valence-corrected chi connectivity index (χ1v) is 6.89. The Bertz CT molecular complexity index is 741. The third kappa shape index (κ3) is 3.17. The summed E-state index contributed by atoms with van der Waals surface area (Å²) in [6.45, 7) is -1.54. The quantitative estimate of drug-likeness (QED) is 0.789. The van der Waals surface area contributed by atoms with Crippen LogP contribution in [0.2, 0.25) is 0 Å². The summed E-state index contributed by atoms with van der Waals surface area (Å²) in [7, 11) is 0. The minimum atomic E-state index is -4.54.